The van der Waals surface area contributed by atoms with Gasteiger partial charge in [0.05, 0.1) is 38.6 Å². The molecule has 1 aliphatic heterocycles. The zero-order valence-electron chi connectivity index (χ0n) is 16.3. The van der Waals surface area contributed by atoms with E-state index in [0.717, 1.165) is 24.0 Å². The molecule has 1 heterocycles. The standard InChI is InChI=1S/C24H30O4/c25-23(19-27-17-21-12-6-2-7-13-21)24-15-9-3-8-14-22(28-24)18-26-16-20-10-4-1-5-11-20/h1-7,9-13,22-25H,8,14-19H2/b9-3-/t22-,23+,24-/m0/s1. The normalized spacial score (nSPS) is 22.2. The Labute approximate surface area is 167 Å². The van der Waals surface area contributed by atoms with Crippen molar-refractivity contribution in [3.8, 4) is 0 Å². The predicted molar refractivity (Wildman–Crippen MR) is 110 cm³/mol. The highest BCUT2D eigenvalue weighted by Gasteiger charge is 2.24. The lowest BCUT2D eigenvalue weighted by molar-refractivity contribution is -0.122. The minimum absolute atomic E-state index is 0.0255. The van der Waals surface area contributed by atoms with E-state index < -0.39 is 6.10 Å². The molecule has 0 unspecified atom stereocenters. The van der Waals surface area contributed by atoms with Gasteiger partial charge in [-0.15, -0.1) is 0 Å². The third-order valence-corrected chi connectivity index (χ3v) is 4.80. The molecule has 0 bridgehead atoms. The SMILES string of the molecule is O[C@H](COCc1ccccc1)[C@@H]1C/C=C\CC[C@@H](COCc2ccccc2)O1. The molecule has 150 valence electrons. The number of aliphatic hydroxyl groups is 1. The predicted octanol–water partition coefficient (Wildman–Crippen LogP) is 4.27. The van der Waals surface area contributed by atoms with Crippen molar-refractivity contribution in [3.05, 3.63) is 83.9 Å². The summed E-state index contributed by atoms with van der Waals surface area (Å²) in [7, 11) is 0. The summed E-state index contributed by atoms with van der Waals surface area (Å²) in [4.78, 5) is 0. The number of aliphatic hydroxyl groups excluding tert-OH is 1. The van der Waals surface area contributed by atoms with E-state index >= 15 is 0 Å². The maximum atomic E-state index is 10.6. The molecule has 0 amide bonds. The van der Waals surface area contributed by atoms with Gasteiger partial charge in [0.2, 0.25) is 0 Å². The van der Waals surface area contributed by atoms with Gasteiger partial charge in [0.1, 0.15) is 6.10 Å². The molecule has 0 radical (unpaired) electrons. The van der Waals surface area contributed by atoms with Crippen LogP contribution in [0.5, 0.6) is 0 Å². The highest BCUT2D eigenvalue weighted by Crippen LogP contribution is 2.18. The Kier molecular flexibility index (Phi) is 8.72. The number of hydrogen-bond donors (Lipinski definition) is 1. The largest absolute Gasteiger partial charge is 0.388 e. The highest BCUT2D eigenvalue weighted by atomic mass is 16.5. The maximum absolute atomic E-state index is 10.6. The third-order valence-electron chi connectivity index (χ3n) is 4.80. The summed E-state index contributed by atoms with van der Waals surface area (Å²) in [6, 6.07) is 20.1. The Morgan fingerprint density at radius 1 is 0.893 bits per heavy atom. The topological polar surface area (TPSA) is 47.9 Å². The Morgan fingerprint density at radius 2 is 1.54 bits per heavy atom. The van der Waals surface area contributed by atoms with E-state index in [1.165, 1.54) is 0 Å². The molecule has 2 aromatic carbocycles. The minimum Gasteiger partial charge on any atom is -0.388 e. The molecule has 0 fully saturated rings. The van der Waals surface area contributed by atoms with Crippen LogP contribution in [0.4, 0.5) is 0 Å². The Morgan fingerprint density at radius 3 is 2.21 bits per heavy atom. The third kappa shape index (κ3) is 7.21. The van der Waals surface area contributed by atoms with Gasteiger partial charge in [-0.05, 0) is 30.4 Å². The molecule has 1 aliphatic rings. The number of benzene rings is 2. The fraction of sp³-hybridized carbons (Fsp3) is 0.417. The molecule has 4 heteroatoms. The molecule has 0 aromatic heterocycles. The van der Waals surface area contributed by atoms with Crippen molar-refractivity contribution >= 4 is 0 Å². The molecular formula is C24H30O4. The Hall–Kier alpha value is -1.98. The van der Waals surface area contributed by atoms with E-state index in [4.69, 9.17) is 14.2 Å². The summed E-state index contributed by atoms with van der Waals surface area (Å²) in [6.45, 7) is 1.84. The van der Waals surface area contributed by atoms with Gasteiger partial charge in [0, 0.05) is 0 Å². The molecule has 0 saturated heterocycles. The smallest absolute Gasteiger partial charge is 0.104 e. The fourth-order valence-electron chi connectivity index (χ4n) is 3.23. The van der Waals surface area contributed by atoms with Gasteiger partial charge in [-0.2, -0.15) is 0 Å². The molecule has 0 aliphatic carbocycles. The van der Waals surface area contributed by atoms with Gasteiger partial charge >= 0.3 is 0 Å². The zero-order chi connectivity index (χ0) is 19.4. The van der Waals surface area contributed by atoms with E-state index in [9.17, 15) is 5.11 Å². The second kappa shape index (κ2) is 11.8. The number of allylic oxidation sites excluding steroid dienone is 1. The zero-order valence-corrected chi connectivity index (χ0v) is 16.3. The van der Waals surface area contributed by atoms with Crippen molar-refractivity contribution in [1.82, 2.24) is 0 Å². The molecule has 0 saturated carbocycles. The van der Waals surface area contributed by atoms with Gasteiger partial charge in [0.15, 0.2) is 0 Å². The second-order valence-electron chi connectivity index (χ2n) is 7.15. The van der Waals surface area contributed by atoms with Crippen LogP contribution in [0.15, 0.2) is 72.8 Å². The number of rotatable bonds is 9. The number of ether oxygens (including phenoxy) is 3. The van der Waals surface area contributed by atoms with E-state index in [1.54, 1.807) is 0 Å². The first-order valence-corrected chi connectivity index (χ1v) is 10.0. The van der Waals surface area contributed by atoms with Gasteiger partial charge < -0.3 is 19.3 Å². The van der Waals surface area contributed by atoms with Gasteiger partial charge in [-0.1, -0.05) is 72.8 Å². The van der Waals surface area contributed by atoms with Crippen molar-refractivity contribution in [2.75, 3.05) is 13.2 Å². The van der Waals surface area contributed by atoms with Gasteiger partial charge in [-0.25, -0.2) is 0 Å². The van der Waals surface area contributed by atoms with Crippen LogP contribution in [-0.2, 0) is 27.4 Å². The second-order valence-corrected chi connectivity index (χ2v) is 7.15. The molecule has 3 atom stereocenters. The van der Waals surface area contributed by atoms with E-state index in [2.05, 4.69) is 24.3 Å². The summed E-state index contributed by atoms with van der Waals surface area (Å²) in [5.74, 6) is 0. The number of hydrogen-bond acceptors (Lipinski definition) is 4. The van der Waals surface area contributed by atoms with Crippen molar-refractivity contribution < 1.29 is 19.3 Å². The first kappa shape index (κ1) is 20.7. The summed E-state index contributed by atoms with van der Waals surface area (Å²) in [6.07, 6.45) is 5.82. The van der Waals surface area contributed by atoms with E-state index in [0.29, 0.717) is 26.2 Å². The van der Waals surface area contributed by atoms with Crippen LogP contribution in [0.3, 0.4) is 0 Å². The van der Waals surface area contributed by atoms with Crippen LogP contribution in [0.25, 0.3) is 0 Å². The molecule has 0 spiro atoms. The summed E-state index contributed by atoms with van der Waals surface area (Å²) in [5, 5.41) is 10.6. The molecule has 2 aromatic rings. The van der Waals surface area contributed by atoms with Crippen LogP contribution in [0.1, 0.15) is 30.4 Å². The average molecular weight is 383 g/mol. The minimum atomic E-state index is -0.664. The molecule has 1 N–H and O–H groups in total. The first-order chi connectivity index (χ1) is 13.8. The van der Waals surface area contributed by atoms with Crippen molar-refractivity contribution in [3.63, 3.8) is 0 Å². The quantitative estimate of drug-likeness (QED) is 0.658. The fourth-order valence-corrected chi connectivity index (χ4v) is 3.23. The maximum Gasteiger partial charge on any atom is 0.104 e. The summed E-state index contributed by atoms with van der Waals surface area (Å²) in [5.41, 5.74) is 2.25. The van der Waals surface area contributed by atoms with Crippen LogP contribution in [-0.4, -0.2) is 36.6 Å². The lowest BCUT2D eigenvalue weighted by Crippen LogP contribution is -2.37. The monoisotopic (exact) mass is 382 g/mol. The molecule has 3 rings (SSSR count). The van der Waals surface area contributed by atoms with Crippen LogP contribution in [0.2, 0.25) is 0 Å². The average Bonchev–Trinajstić information content (AvgIpc) is 2.71. The van der Waals surface area contributed by atoms with Crippen LogP contribution in [0, 0.1) is 0 Å². The highest BCUT2D eigenvalue weighted by molar-refractivity contribution is 5.14. The Bertz CT molecular complexity index is 686. The van der Waals surface area contributed by atoms with Crippen molar-refractivity contribution in [1.29, 1.82) is 0 Å². The van der Waals surface area contributed by atoms with Crippen LogP contribution < -0.4 is 0 Å². The lowest BCUT2D eigenvalue weighted by Gasteiger charge is -2.29. The van der Waals surface area contributed by atoms with Crippen molar-refractivity contribution in [2.24, 2.45) is 0 Å². The lowest BCUT2D eigenvalue weighted by atomic mass is 10.1. The van der Waals surface area contributed by atoms with E-state index in [-0.39, 0.29) is 18.8 Å². The first-order valence-electron chi connectivity index (χ1n) is 10.0. The summed E-state index contributed by atoms with van der Waals surface area (Å²) >= 11 is 0. The van der Waals surface area contributed by atoms with Crippen molar-refractivity contribution in [2.45, 2.75) is 50.8 Å². The van der Waals surface area contributed by atoms with Gasteiger partial charge in [0.25, 0.3) is 0 Å². The molecule has 4 nitrogen and oxygen atoms in total. The van der Waals surface area contributed by atoms with Crippen LogP contribution >= 0.6 is 0 Å². The van der Waals surface area contributed by atoms with Gasteiger partial charge in [-0.3, -0.25) is 0 Å². The summed E-state index contributed by atoms with van der Waals surface area (Å²) < 4.78 is 17.7. The molecule has 28 heavy (non-hydrogen) atoms. The molecular weight excluding hydrogens is 352 g/mol. The Balaban J connectivity index is 1.44. The van der Waals surface area contributed by atoms with E-state index in [1.807, 2.05) is 48.5 Å².